The monoisotopic (exact) mass is 355 g/mol. The van der Waals surface area contributed by atoms with Gasteiger partial charge in [0.2, 0.25) is 11.9 Å². The largest absolute Gasteiger partial charge is 0.375 e. The Balaban J connectivity index is 1.68. The van der Waals surface area contributed by atoms with Crippen molar-refractivity contribution in [3.63, 3.8) is 0 Å². The van der Waals surface area contributed by atoms with Gasteiger partial charge in [0.15, 0.2) is 0 Å². The highest BCUT2D eigenvalue weighted by molar-refractivity contribution is 5.77. The second-order valence-corrected chi connectivity index (χ2v) is 6.49. The maximum absolute atomic E-state index is 11.9. The fourth-order valence-electron chi connectivity index (χ4n) is 2.91. The number of rotatable bonds is 5. The minimum absolute atomic E-state index is 0.0269. The fraction of sp³-hybridized carbons (Fsp3) is 0.421. The lowest BCUT2D eigenvalue weighted by Gasteiger charge is -2.34. The molecule has 1 aromatic heterocycles. The Morgan fingerprint density at radius 3 is 2.46 bits per heavy atom. The van der Waals surface area contributed by atoms with Crippen LogP contribution in [0.1, 0.15) is 11.3 Å². The molecule has 26 heavy (non-hydrogen) atoms. The van der Waals surface area contributed by atoms with E-state index in [2.05, 4.69) is 39.2 Å². The molecule has 7 heteroatoms. The fourth-order valence-corrected chi connectivity index (χ4v) is 2.91. The lowest BCUT2D eigenvalue weighted by atomic mass is 10.2. The van der Waals surface area contributed by atoms with E-state index in [9.17, 15) is 4.79 Å². The molecule has 0 spiro atoms. The molecule has 1 saturated heterocycles. The molecule has 0 radical (unpaired) electrons. The number of carbonyl (C=O) groups is 1. The Kier molecular flexibility index (Phi) is 5.68. The molecule has 138 valence electrons. The van der Waals surface area contributed by atoms with Crippen molar-refractivity contribution < 1.29 is 9.53 Å². The summed E-state index contributed by atoms with van der Waals surface area (Å²) in [4.78, 5) is 25.1. The zero-order chi connectivity index (χ0) is 18.5. The molecular weight excluding hydrogens is 330 g/mol. The van der Waals surface area contributed by atoms with Gasteiger partial charge in [0, 0.05) is 50.7 Å². The summed E-state index contributed by atoms with van der Waals surface area (Å²) < 4.78 is 4.93. The van der Waals surface area contributed by atoms with Gasteiger partial charge in [0.05, 0.1) is 0 Å². The molecule has 2 heterocycles. The van der Waals surface area contributed by atoms with Crippen LogP contribution >= 0.6 is 0 Å². The maximum Gasteiger partial charge on any atom is 0.248 e. The van der Waals surface area contributed by atoms with Gasteiger partial charge in [0.25, 0.3) is 0 Å². The summed E-state index contributed by atoms with van der Waals surface area (Å²) in [5, 5.41) is 3.34. The number of hydrogen-bond donors (Lipinski definition) is 1. The van der Waals surface area contributed by atoms with Crippen molar-refractivity contribution in [1.29, 1.82) is 0 Å². The van der Waals surface area contributed by atoms with Gasteiger partial charge in [-0.1, -0.05) is 17.7 Å². The molecule has 0 aliphatic carbocycles. The molecule has 0 unspecified atom stereocenters. The Labute approximate surface area is 154 Å². The number of piperazine rings is 1. The first-order chi connectivity index (χ1) is 12.5. The molecule has 7 nitrogen and oxygen atoms in total. The molecule has 0 atom stereocenters. The van der Waals surface area contributed by atoms with Crippen LogP contribution in [-0.4, -0.2) is 60.7 Å². The molecule has 2 aromatic rings. The van der Waals surface area contributed by atoms with Gasteiger partial charge in [-0.15, -0.1) is 0 Å². The third-order valence-electron chi connectivity index (χ3n) is 4.35. The minimum Gasteiger partial charge on any atom is -0.375 e. The van der Waals surface area contributed by atoms with Crippen LogP contribution in [-0.2, 0) is 9.53 Å². The van der Waals surface area contributed by atoms with Crippen molar-refractivity contribution in [1.82, 2.24) is 14.9 Å². The second-order valence-electron chi connectivity index (χ2n) is 6.49. The standard InChI is InChI=1S/C19H25N5O2/c1-14-4-6-16(7-5-14)21-17-12-15(2)20-19(22-17)24-10-8-23(9-11-24)18(25)13-26-3/h4-7,12H,8-11,13H2,1-3H3,(H,20,21,22). The zero-order valence-electron chi connectivity index (χ0n) is 15.5. The van der Waals surface area contributed by atoms with Crippen molar-refractivity contribution >= 4 is 23.4 Å². The Morgan fingerprint density at radius 1 is 1.12 bits per heavy atom. The van der Waals surface area contributed by atoms with E-state index in [1.54, 1.807) is 0 Å². The maximum atomic E-state index is 11.9. The van der Waals surface area contributed by atoms with E-state index in [1.165, 1.54) is 12.7 Å². The Bertz CT molecular complexity index is 755. The van der Waals surface area contributed by atoms with Gasteiger partial charge in [-0.05, 0) is 26.0 Å². The smallest absolute Gasteiger partial charge is 0.248 e. The molecular formula is C19H25N5O2. The Morgan fingerprint density at radius 2 is 1.81 bits per heavy atom. The lowest BCUT2D eigenvalue weighted by molar-refractivity contribution is -0.135. The number of ether oxygens (including phenoxy) is 1. The molecule has 0 saturated carbocycles. The quantitative estimate of drug-likeness (QED) is 0.886. The van der Waals surface area contributed by atoms with Crippen LogP contribution in [0, 0.1) is 13.8 Å². The summed E-state index contributed by atoms with van der Waals surface area (Å²) in [6.07, 6.45) is 0. The average molecular weight is 355 g/mol. The summed E-state index contributed by atoms with van der Waals surface area (Å²) in [6, 6.07) is 10.1. The lowest BCUT2D eigenvalue weighted by Crippen LogP contribution is -2.50. The van der Waals surface area contributed by atoms with Crippen molar-refractivity contribution in [2.24, 2.45) is 0 Å². The SMILES string of the molecule is COCC(=O)N1CCN(c2nc(C)cc(Nc3ccc(C)cc3)n2)CC1. The van der Waals surface area contributed by atoms with Gasteiger partial charge < -0.3 is 19.9 Å². The van der Waals surface area contributed by atoms with Gasteiger partial charge in [0.1, 0.15) is 12.4 Å². The van der Waals surface area contributed by atoms with E-state index >= 15 is 0 Å². The van der Waals surface area contributed by atoms with Gasteiger partial charge >= 0.3 is 0 Å². The van der Waals surface area contributed by atoms with Crippen LogP contribution < -0.4 is 10.2 Å². The van der Waals surface area contributed by atoms with Crippen molar-refractivity contribution in [2.45, 2.75) is 13.8 Å². The van der Waals surface area contributed by atoms with E-state index < -0.39 is 0 Å². The van der Waals surface area contributed by atoms with Crippen LogP contribution in [0.15, 0.2) is 30.3 Å². The minimum atomic E-state index is 0.0269. The summed E-state index contributed by atoms with van der Waals surface area (Å²) in [5.41, 5.74) is 3.12. The average Bonchev–Trinajstić information content (AvgIpc) is 2.63. The Hall–Kier alpha value is -2.67. The zero-order valence-corrected chi connectivity index (χ0v) is 15.5. The third-order valence-corrected chi connectivity index (χ3v) is 4.35. The summed E-state index contributed by atoms with van der Waals surface area (Å²) in [6.45, 7) is 6.88. The number of amides is 1. The van der Waals surface area contributed by atoms with Gasteiger partial charge in [-0.3, -0.25) is 4.79 Å². The van der Waals surface area contributed by atoms with E-state index in [0.29, 0.717) is 32.1 Å². The third kappa shape index (κ3) is 4.49. The van der Waals surface area contributed by atoms with Crippen LogP contribution in [0.5, 0.6) is 0 Å². The predicted molar refractivity (Wildman–Crippen MR) is 102 cm³/mol. The van der Waals surface area contributed by atoms with E-state index in [0.717, 1.165) is 17.2 Å². The van der Waals surface area contributed by atoms with E-state index in [4.69, 9.17) is 4.74 Å². The topological polar surface area (TPSA) is 70.6 Å². The summed E-state index contributed by atoms with van der Waals surface area (Å²) >= 11 is 0. The summed E-state index contributed by atoms with van der Waals surface area (Å²) in [7, 11) is 1.54. The number of methoxy groups -OCH3 is 1. The normalized spacial score (nSPS) is 14.4. The molecule has 3 rings (SSSR count). The first kappa shape index (κ1) is 18.1. The first-order valence-corrected chi connectivity index (χ1v) is 8.76. The molecule has 1 aliphatic heterocycles. The number of aromatic nitrogens is 2. The van der Waals surface area contributed by atoms with Crippen molar-refractivity contribution in [3.8, 4) is 0 Å². The first-order valence-electron chi connectivity index (χ1n) is 8.76. The predicted octanol–water partition coefficient (Wildman–Crippen LogP) is 2.13. The number of aryl methyl sites for hydroxylation is 2. The molecule has 1 amide bonds. The van der Waals surface area contributed by atoms with Crippen LogP contribution in [0.2, 0.25) is 0 Å². The van der Waals surface area contributed by atoms with Crippen molar-refractivity contribution in [3.05, 3.63) is 41.6 Å². The van der Waals surface area contributed by atoms with Crippen molar-refractivity contribution in [2.75, 3.05) is 50.1 Å². The highest BCUT2D eigenvalue weighted by Gasteiger charge is 2.22. The van der Waals surface area contributed by atoms with Crippen LogP contribution in [0.25, 0.3) is 0 Å². The molecule has 1 N–H and O–H groups in total. The van der Waals surface area contributed by atoms with Crippen LogP contribution in [0.4, 0.5) is 17.5 Å². The van der Waals surface area contributed by atoms with Gasteiger partial charge in [-0.25, -0.2) is 4.98 Å². The molecule has 1 aliphatic rings. The van der Waals surface area contributed by atoms with Crippen LogP contribution in [0.3, 0.4) is 0 Å². The molecule has 1 aromatic carbocycles. The summed E-state index contributed by atoms with van der Waals surface area (Å²) in [5.74, 6) is 1.49. The number of hydrogen-bond acceptors (Lipinski definition) is 6. The molecule has 0 bridgehead atoms. The highest BCUT2D eigenvalue weighted by atomic mass is 16.5. The molecule has 1 fully saturated rings. The highest BCUT2D eigenvalue weighted by Crippen LogP contribution is 2.20. The second kappa shape index (κ2) is 8.14. The number of anilines is 3. The number of benzene rings is 1. The number of nitrogens with one attached hydrogen (secondary N) is 1. The van der Waals surface area contributed by atoms with Gasteiger partial charge in [-0.2, -0.15) is 4.98 Å². The van der Waals surface area contributed by atoms with E-state index in [-0.39, 0.29) is 12.5 Å². The number of nitrogens with zero attached hydrogens (tertiary/aromatic N) is 4. The van der Waals surface area contributed by atoms with E-state index in [1.807, 2.05) is 30.0 Å². The number of carbonyl (C=O) groups excluding carboxylic acids is 1.